The van der Waals surface area contributed by atoms with E-state index >= 15 is 0 Å². The van der Waals surface area contributed by atoms with Gasteiger partial charge in [0, 0.05) is 47.5 Å². The zero-order valence-electron chi connectivity index (χ0n) is 19.4. The zero-order valence-corrected chi connectivity index (χ0v) is 21.8. The summed E-state index contributed by atoms with van der Waals surface area (Å²) in [5, 5.41) is 0. The third-order valence-electron chi connectivity index (χ3n) is 5.99. The van der Waals surface area contributed by atoms with Crippen LogP contribution in [0.15, 0.2) is 57.9 Å². The average molecular weight is 530 g/mol. The van der Waals surface area contributed by atoms with E-state index in [0.29, 0.717) is 36.9 Å². The molecule has 1 aliphatic heterocycles. The second-order valence-electron chi connectivity index (χ2n) is 8.74. The third kappa shape index (κ3) is 4.98. The smallest absolute Gasteiger partial charge is 0.243 e. The Bertz CT molecular complexity index is 1230. The number of hydrogen-bond acceptors (Lipinski definition) is 5. The summed E-state index contributed by atoms with van der Waals surface area (Å²) in [6, 6.07) is 15.0. The fraction of sp³-hybridized carbons (Fsp3) is 0.360. The minimum Gasteiger partial charge on any atom is -0.354 e. The summed E-state index contributed by atoms with van der Waals surface area (Å²) in [5.41, 5.74) is 4.26. The van der Waals surface area contributed by atoms with Crippen LogP contribution in [0.3, 0.4) is 0 Å². The predicted molar refractivity (Wildman–Crippen MR) is 136 cm³/mol. The molecule has 33 heavy (non-hydrogen) atoms. The molecule has 0 unspecified atom stereocenters. The lowest BCUT2D eigenvalue weighted by molar-refractivity contribution is 0.383. The van der Waals surface area contributed by atoms with Gasteiger partial charge in [-0.05, 0) is 44.0 Å². The maximum atomic E-state index is 13.1. The molecule has 2 heterocycles. The molecule has 0 radical (unpaired) electrons. The third-order valence-corrected chi connectivity index (χ3v) is 8.43. The van der Waals surface area contributed by atoms with Gasteiger partial charge in [0.05, 0.1) is 4.90 Å². The molecule has 6 nitrogen and oxygen atoms in total. The van der Waals surface area contributed by atoms with Crippen LogP contribution in [0.4, 0.5) is 5.82 Å². The van der Waals surface area contributed by atoms with Crippen molar-refractivity contribution < 1.29 is 8.42 Å². The van der Waals surface area contributed by atoms with Crippen molar-refractivity contribution in [1.29, 1.82) is 0 Å². The number of aryl methyl sites for hydroxylation is 2. The summed E-state index contributed by atoms with van der Waals surface area (Å²) >= 11 is 3.37. The highest BCUT2D eigenvalue weighted by Gasteiger charge is 2.30. The summed E-state index contributed by atoms with van der Waals surface area (Å²) < 4.78 is 28.6. The number of sulfonamides is 1. The first-order valence-electron chi connectivity index (χ1n) is 11.1. The molecular weight excluding hydrogens is 500 g/mol. The van der Waals surface area contributed by atoms with Crippen LogP contribution in [0.5, 0.6) is 0 Å². The van der Waals surface area contributed by atoms with Crippen molar-refractivity contribution in [3.05, 3.63) is 69.8 Å². The van der Waals surface area contributed by atoms with Crippen LogP contribution in [0.1, 0.15) is 36.6 Å². The summed E-state index contributed by atoms with van der Waals surface area (Å²) in [7, 11) is -3.52. The monoisotopic (exact) mass is 528 g/mol. The van der Waals surface area contributed by atoms with E-state index in [0.717, 1.165) is 27.1 Å². The van der Waals surface area contributed by atoms with Crippen LogP contribution in [0, 0.1) is 13.8 Å². The number of anilines is 1. The van der Waals surface area contributed by atoms with Crippen LogP contribution < -0.4 is 4.90 Å². The highest BCUT2D eigenvalue weighted by Crippen LogP contribution is 2.32. The first kappa shape index (κ1) is 23.9. The summed E-state index contributed by atoms with van der Waals surface area (Å²) in [6.45, 7) is 10.4. The molecule has 3 aromatic rings. The van der Waals surface area contributed by atoms with E-state index in [2.05, 4.69) is 53.7 Å². The Morgan fingerprint density at radius 3 is 2.06 bits per heavy atom. The van der Waals surface area contributed by atoms with Crippen molar-refractivity contribution in [1.82, 2.24) is 14.3 Å². The zero-order chi connectivity index (χ0) is 23.8. The highest BCUT2D eigenvalue weighted by atomic mass is 79.9. The Morgan fingerprint density at radius 1 is 0.879 bits per heavy atom. The van der Waals surface area contributed by atoms with Gasteiger partial charge in [0.1, 0.15) is 5.82 Å². The van der Waals surface area contributed by atoms with Crippen LogP contribution >= 0.6 is 15.9 Å². The van der Waals surface area contributed by atoms with Crippen molar-refractivity contribution in [3.63, 3.8) is 0 Å². The molecule has 0 saturated carbocycles. The fourth-order valence-electron chi connectivity index (χ4n) is 4.21. The molecule has 1 saturated heterocycles. The van der Waals surface area contributed by atoms with E-state index in [4.69, 9.17) is 9.97 Å². The summed E-state index contributed by atoms with van der Waals surface area (Å²) in [6.07, 6.45) is 0. The maximum absolute atomic E-state index is 13.1. The van der Waals surface area contributed by atoms with Crippen molar-refractivity contribution in [2.75, 3.05) is 31.1 Å². The molecule has 0 amide bonds. The standard InChI is InChI=1S/C25H29BrN4O2S/c1-17(2)23-19(4)27-24(20-7-5-18(3)6-8-20)28-25(23)29-13-15-30(16-14-29)33(31,32)22-11-9-21(26)10-12-22/h5-12,17H,13-16H2,1-4H3. The lowest BCUT2D eigenvalue weighted by Crippen LogP contribution is -2.49. The molecule has 0 aliphatic carbocycles. The van der Waals surface area contributed by atoms with Gasteiger partial charge in [-0.1, -0.05) is 59.6 Å². The average Bonchev–Trinajstić information content (AvgIpc) is 2.79. The molecule has 1 aromatic heterocycles. The lowest BCUT2D eigenvalue weighted by Gasteiger charge is -2.36. The van der Waals surface area contributed by atoms with Crippen LogP contribution in [0.2, 0.25) is 0 Å². The van der Waals surface area contributed by atoms with E-state index in [1.165, 1.54) is 5.56 Å². The molecule has 8 heteroatoms. The van der Waals surface area contributed by atoms with Crippen LogP contribution in [0.25, 0.3) is 11.4 Å². The van der Waals surface area contributed by atoms with Gasteiger partial charge in [0.2, 0.25) is 10.0 Å². The second kappa shape index (κ2) is 9.52. The Hall–Kier alpha value is -2.29. The molecule has 4 rings (SSSR count). The number of hydrogen-bond donors (Lipinski definition) is 0. The van der Waals surface area contributed by atoms with Gasteiger partial charge < -0.3 is 4.90 Å². The number of aromatic nitrogens is 2. The first-order chi connectivity index (χ1) is 15.7. The van der Waals surface area contributed by atoms with E-state index in [1.54, 1.807) is 28.6 Å². The van der Waals surface area contributed by atoms with E-state index in [9.17, 15) is 8.42 Å². The molecule has 0 bridgehead atoms. The van der Waals surface area contributed by atoms with Gasteiger partial charge in [-0.3, -0.25) is 0 Å². The largest absolute Gasteiger partial charge is 0.354 e. The SMILES string of the molecule is Cc1ccc(-c2nc(C)c(C(C)C)c(N3CCN(S(=O)(=O)c4ccc(Br)cc4)CC3)n2)cc1. The molecule has 1 fully saturated rings. The molecule has 2 aromatic carbocycles. The Balaban J connectivity index is 1.62. The Kier molecular flexibility index (Phi) is 6.88. The summed E-state index contributed by atoms with van der Waals surface area (Å²) in [4.78, 5) is 12.3. The normalized spacial score (nSPS) is 15.3. The number of halogens is 1. The lowest BCUT2D eigenvalue weighted by atomic mass is 10.0. The van der Waals surface area contributed by atoms with E-state index in [-0.39, 0.29) is 5.92 Å². The van der Waals surface area contributed by atoms with E-state index in [1.807, 2.05) is 19.1 Å². The van der Waals surface area contributed by atoms with Gasteiger partial charge >= 0.3 is 0 Å². The Morgan fingerprint density at radius 2 is 1.48 bits per heavy atom. The molecular formula is C25H29BrN4O2S. The molecule has 0 N–H and O–H groups in total. The minimum atomic E-state index is -3.52. The van der Waals surface area contributed by atoms with Gasteiger partial charge in [-0.15, -0.1) is 0 Å². The molecule has 174 valence electrons. The van der Waals surface area contributed by atoms with Crippen LogP contribution in [-0.4, -0.2) is 48.9 Å². The molecule has 0 atom stereocenters. The number of benzene rings is 2. The van der Waals surface area contributed by atoms with Gasteiger partial charge in [0.15, 0.2) is 5.82 Å². The quantitative estimate of drug-likeness (QED) is 0.457. The van der Waals surface area contributed by atoms with Crippen molar-refractivity contribution in [2.24, 2.45) is 0 Å². The Labute approximate surface area is 204 Å². The first-order valence-corrected chi connectivity index (χ1v) is 13.4. The topological polar surface area (TPSA) is 66.4 Å². The second-order valence-corrected chi connectivity index (χ2v) is 11.6. The molecule has 1 aliphatic rings. The van der Waals surface area contributed by atoms with Crippen molar-refractivity contribution in [2.45, 2.75) is 38.5 Å². The van der Waals surface area contributed by atoms with Gasteiger partial charge in [0.25, 0.3) is 0 Å². The number of rotatable bonds is 5. The van der Waals surface area contributed by atoms with Gasteiger partial charge in [-0.25, -0.2) is 18.4 Å². The van der Waals surface area contributed by atoms with Gasteiger partial charge in [-0.2, -0.15) is 4.31 Å². The van der Waals surface area contributed by atoms with Crippen molar-refractivity contribution >= 4 is 31.8 Å². The highest BCUT2D eigenvalue weighted by molar-refractivity contribution is 9.10. The fourth-order valence-corrected chi connectivity index (χ4v) is 5.90. The number of nitrogens with zero attached hydrogens (tertiary/aromatic N) is 4. The maximum Gasteiger partial charge on any atom is 0.243 e. The summed E-state index contributed by atoms with van der Waals surface area (Å²) in [5.74, 6) is 1.88. The van der Waals surface area contributed by atoms with Crippen LogP contribution in [-0.2, 0) is 10.0 Å². The molecule has 0 spiro atoms. The number of piperazine rings is 1. The van der Waals surface area contributed by atoms with E-state index < -0.39 is 10.0 Å². The minimum absolute atomic E-state index is 0.261. The predicted octanol–water partition coefficient (Wildman–Crippen LogP) is 5.16. The van der Waals surface area contributed by atoms with Crippen molar-refractivity contribution in [3.8, 4) is 11.4 Å².